The minimum absolute atomic E-state index is 1.10. The zero-order valence-corrected chi connectivity index (χ0v) is 16.5. The Morgan fingerprint density at radius 2 is 1.45 bits per heavy atom. The maximum atomic E-state index is 3.37. The van der Waals surface area contributed by atoms with Crippen LogP contribution in [0.1, 0.15) is 5.56 Å². The third-order valence-electron chi connectivity index (χ3n) is 6.56. The Kier molecular flexibility index (Phi) is 3.88. The Hall–Kier alpha value is -3.17. The predicted molar refractivity (Wildman–Crippen MR) is 120 cm³/mol. The fraction of sp³-hybridized carbons (Fsp3) is 0.192. The molecular weight excluding hydrogens is 354 g/mol. The molecule has 1 aliphatic heterocycles. The van der Waals surface area contributed by atoms with Gasteiger partial charge in [0.05, 0.1) is 6.20 Å². The lowest BCUT2D eigenvalue weighted by atomic mass is 9.92. The van der Waals surface area contributed by atoms with Gasteiger partial charge in [-0.3, -0.25) is 4.90 Å². The summed E-state index contributed by atoms with van der Waals surface area (Å²) in [7, 11) is 0. The Balaban J connectivity index is 1.31. The first kappa shape index (κ1) is 16.8. The Bertz CT molecular complexity index is 1270. The van der Waals surface area contributed by atoms with Crippen molar-refractivity contribution >= 4 is 38.1 Å². The highest BCUT2D eigenvalue weighted by atomic mass is 15.3. The van der Waals surface area contributed by atoms with Crippen LogP contribution in [-0.4, -0.2) is 26.2 Å². The van der Waals surface area contributed by atoms with Crippen LogP contribution in [0.4, 0.5) is 5.82 Å². The number of nitrogens with zero attached hydrogens (tertiary/aromatic N) is 1. The van der Waals surface area contributed by atoms with Crippen molar-refractivity contribution in [1.82, 2.24) is 0 Å². The maximum absolute atomic E-state index is 3.37. The molecule has 1 aliphatic rings. The summed E-state index contributed by atoms with van der Waals surface area (Å²) in [6.45, 7) is 5.64. The van der Waals surface area contributed by atoms with Gasteiger partial charge in [0, 0.05) is 11.6 Å². The van der Waals surface area contributed by atoms with E-state index in [0.717, 1.165) is 19.6 Å². The number of benzene rings is 4. The number of hydrogen-bond donors (Lipinski definition) is 1. The number of nitrogens with one attached hydrogen (secondary N) is 2. The molecule has 3 nitrogen and oxygen atoms in total. The smallest absolute Gasteiger partial charge is 0.274 e. The van der Waals surface area contributed by atoms with Gasteiger partial charge in [-0.2, -0.15) is 0 Å². The molecule has 0 unspecified atom stereocenters. The molecule has 2 N–H and O–H groups in total. The maximum Gasteiger partial charge on any atom is 0.274 e. The number of quaternary nitrogens is 1. The number of rotatable bonds is 3. The zero-order valence-electron chi connectivity index (χ0n) is 16.5. The summed E-state index contributed by atoms with van der Waals surface area (Å²) < 4.78 is 0. The molecule has 2 heterocycles. The first-order valence-corrected chi connectivity index (χ1v) is 10.6. The number of H-pyrrole nitrogens is 1. The van der Waals surface area contributed by atoms with Gasteiger partial charge in [-0.25, -0.2) is 4.98 Å². The Morgan fingerprint density at radius 1 is 0.724 bits per heavy atom. The van der Waals surface area contributed by atoms with E-state index >= 15 is 0 Å². The van der Waals surface area contributed by atoms with Crippen molar-refractivity contribution in [2.45, 2.75) is 6.54 Å². The first-order chi connectivity index (χ1) is 14.4. The molecule has 0 bridgehead atoms. The minimum atomic E-state index is 1.10. The fourth-order valence-corrected chi connectivity index (χ4v) is 5.04. The fourth-order valence-electron chi connectivity index (χ4n) is 5.04. The van der Waals surface area contributed by atoms with Crippen molar-refractivity contribution in [1.29, 1.82) is 0 Å². The van der Waals surface area contributed by atoms with Crippen molar-refractivity contribution in [2.75, 3.05) is 31.1 Å². The Labute approximate surface area is 170 Å². The molecule has 0 atom stereocenters. The normalized spacial score (nSPS) is 15.7. The van der Waals surface area contributed by atoms with Crippen molar-refractivity contribution < 1.29 is 9.88 Å². The van der Waals surface area contributed by atoms with E-state index in [0.29, 0.717) is 0 Å². The van der Waals surface area contributed by atoms with Crippen LogP contribution in [0.15, 0.2) is 79.0 Å². The second-order valence-electron chi connectivity index (χ2n) is 8.24. The summed E-state index contributed by atoms with van der Waals surface area (Å²) in [5, 5.41) is 8.33. The van der Waals surface area contributed by atoms with Crippen LogP contribution in [0.2, 0.25) is 0 Å². The SMILES string of the molecule is c1ccc(N2CC[NH+](Cc3ccc4ccc5cccc6ccc3c4c56)CC2)[nH+]c1. The summed E-state index contributed by atoms with van der Waals surface area (Å²) >= 11 is 0. The molecule has 0 radical (unpaired) electrons. The number of anilines is 1. The molecule has 0 aliphatic carbocycles. The topological polar surface area (TPSA) is 21.8 Å². The van der Waals surface area contributed by atoms with Crippen molar-refractivity contribution in [3.8, 4) is 0 Å². The van der Waals surface area contributed by atoms with E-state index in [1.54, 1.807) is 4.90 Å². The van der Waals surface area contributed by atoms with Crippen molar-refractivity contribution in [2.24, 2.45) is 0 Å². The van der Waals surface area contributed by atoms with E-state index in [2.05, 4.69) is 76.6 Å². The van der Waals surface area contributed by atoms with Crippen LogP contribution in [0.5, 0.6) is 0 Å². The van der Waals surface area contributed by atoms with Gasteiger partial charge in [0.1, 0.15) is 32.7 Å². The highest BCUT2D eigenvalue weighted by molar-refractivity contribution is 6.23. The largest absolute Gasteiger partial charge is 0.325 e. The summed E-state index contributed by atoms with van der Waals surface area (Å²) in [4.78, 5) is 7.51. The zero-order chi connectivity index (χ0) is 19.2. The lowest BCUT2D eigenvalue weighted by Gasteiger charge is -2.28. The highest BCUT2D eigenvalue weighted by Gasteiger charge is 2.26. The third-order valence-corrected chi connectivity index (χ3v) is 6.56. The van der Waals surface area contributed by atoms with Gasteiger partial charge in [-0.05, 0) is 38.4 Å². The molecule has 4 aromatic carbocycles. The Morgan fingerprint density at radius 3 is 2.21 bits per heavy atom. The van der Waals surface area contributed by atoms with Gasteiger partial charge in [0.25, 0.3) is 5.82 Å². The highest BCUT2D eigenvalue weighted by Crippen LogP contribution is 2.35. The van der Waals surface area contributed by atoms with E-state index in [9.17, 15) is 0 Å². The molecule has 0 spiro atoms. The lowest BCUT2D eigenvalue weighted by Crippen LogP contribution is -3.13. The van der Waals surface area contributed by atoms with Crippen LogP contribution >= 0.6 is 0 Å². The van der Waals surface area contributed by atoms with Gasteiger partial charge in [-0.15, -0.1) is 0 Å². The molecule has 0 saturated carbocycles. The summed E-state index contributed by atoms with van der Waals surface area (Å²) in [6, 6.07) is 26.8. The summed E-state index contributed by atoms with van der Waals surface area (Å²) in [5.41, 5.74) is 1.48. The minimum Gasteiger partial charge on any atom is -0.325 e. The molecule has 5 aromatic rings. The molecular formula is C26H25N3+2. The lowest BCUT2D eigenvalue weighted by molar-refractivity contribution is -0.914. The molecule has 6 rings (SSSR count). The molecule has 3 heteroatoms. The van der Waals surface area contributed by atoms with Gasteiger partial charge in [-0.1, -0.05) is 60.7 Å². The second kappa shape index (κ2) is 6.71. The van der Waals surface area contributed by atoms with Crippen LogP contribution in [-0.2, 0) is 6.54 Å². The number of aromatic amines is 1. The average molecular weight is 380 g/mol. The van der Waals surface area contributed by atoms with E-state index in [1.165, 1.54) is 56.8 Å². The number of piperazine rings is 1. The summed E-state index contributed by atoms with van der Waals surface area (Å²) in [5.74, 6) is 1.23. The average Bonchev–Trinajstić information content (AvgIpc) is 2.79. The van der Waals surface area contributed by atoms with Gasteiger partial charge in [0.2, 0.25) is 0 Å². The van der Waals surface area contributed by atoms with Crippen molar-refractivity contribution in [3.63, 3.8) is 0 Å². The van der Waals surface area contributed by atoms with E-state index in [4.69, 9.17) is 0 Å². The molecule has 1 saturated heterocycles. The first-order valence-electron chi connectivity index (χ1n) is 10.6. The van der Waals surface area contributed by atoms with Crippen molar-refractivity contribution in [3.05, 3.63) is 84.6 Å². The number of hydrogen-bond acceptors (Lipinski definition) is 1. The standard InChI is InChI=1S/C26H23N3/c1-2-13-27-24(6-1)29-16-14-28(15-17-29)18-22-10-9-21-8-7-19-4-3-5-20-11-12-23(22)26(21)25(19)20/h1-13H,14-18H2/p+2. The third kappa shape index (κ3) is 2.81. The molecule has 1 aromatic heterocycles. The molecule has 142 valence electrons. The van der Waals surface area contributed by atoms with Gasteiger partial charge >= 0.3 is 0 Å². The molecule has 29 heavy (non-hydrogen) atoms. The summed E-state index contributed by atoms with van der Waals surface area (Å²) in [6.07, 6.45) is 2.01. The second-order valence-corrected chi connectivity index (χ2v) is 8.24. The van der Waals surface area contributed by atoms with Gasteiger partial charge in [0.15, 0.2) is 0 Å². The molecule has 0 amide bonds. The number of pyridine rings is 1. The van der Waals surface area contributed by atoms with Crippen LogP contribution in [0.25, 0.3) is 32.3 Å². The number of aromatic nitrogens is 1. The van der Waals surface area contributed by atoms with Crippen LogP contribution < -0.4 is 14.8 Å². The van der Waals surface area contributed by atoms with E-state index in [-0.39, 0.29) is 0 Å². The van der Waals surface area contributed by atoms with Gasteiger partial charge < -0.3 is 4.90 Å². The van der Waals surface area contributed by atoms with E-state index < -0.39 is 0 Å². The van der Waals surface area contributed by atoms with Crippen LogP contribution in [0, 0.1) is 0 Å². The quantitative estimate of drug-likeness (QED) is 0.477. The molecule has 1 fully saturated rings. The monoisotopic (exact) mass is 379 g/mol. The van der Waals surface area contributed by atoms with Crippen LogP contribution in [0.3, 0.4) is 0 Å². The van der Waals surface area contributed by atoms with E-state index in [1.807, 2.05) is 12.3 Å². The predicted octanol–water partition coefficient (Wildman–Crippen LogP) is 3.30.